The second-order valence-corrected chi connectivity index (χ2v) is 3.06. The third-order valence-corrected chi connectivity index (χ3v) is 2.07. The van der Waals surface area contributed by atoms with Crippen molar-refractivity contribution in [2.45, 2.75) is 6.18 Å². The van der Waals surface area contributed by atoms with E-state index in [1.54, 1.807) is 6.07 Å². The fourth-order valence-electron chi connectivity index (χ4n) is 1.32. The maximum atomic E-state index is 12.4. The van der Waals surface area contributed by atoms with Gasteiger partial charge >= 0.3 is 6.18 Å². The van der Waals surface area contributed by atoms with Crippen molar-refractivity contribution in [3.8, 4) is 6.07 Å². The van der Waals surface area contributed by atoms with Crippen LogP contribution in [0.1, 0.15) is 11.3 Å². The van der Waals surface area contributed by atoms with Gasteiger partial charge in [0, 0.05) is 5.39 Å². The van der Waals surface area contributed by atoms with Gasteiger partial charge in [0.2, 0.25) is 0 Å². The van der Waals surface area contributed by atoms with Crippen molar-refractivity contribution in [3.63, 3.8) is 0 Å². The van der Waals surface area contributed by atoms with Crippen LogP contribution in [0.25, 0.3) is 10.9 Å². The molecule has 16 heavy (non-hydrogen) atoms. The van der Waals surface area contributed by atoms with Crippen LogP contribution < -0.4 is 0 Å². The Morgan fingerprint density at radius 1 is 1.19 bits per heavy atom. The smallest absolute Gasteiger partial charge is 0.236 e. The molecule has 0 aliphatic carbocycles. The number of benzene rings is 1. The van der Waals surface area contributed by atoms with Crippen molar-refractivity contribution in [3.05, 3.63) is 35.8 Å². The number of rotatable bonds is 0. The minimum absolute atomic E-state index is 0.0592. The van der Waals surface area contributed by atoms with E-state index in [1.807, 2.05) is 0 Å². The van der Waals surface area contributed by atoms with Crippen LogP contribution in [0.3, 0.4) is 0 Å². The molecule has 0 aliphatic rings. The van der Waals surface area contributed by atoms with Crippen LogP contribution in [0.2, 0.25) is 0 Å². The van der Waals surface area contributed by atoms with E-state index in [0.717, 1.165) is 18.5 Å². The maximum Gasteiger partial charge on any atom is 0.416 e. The van der Waals surface area contributed by atoms with Crippen LogP contribution >= 0.6 is 0 Å². The Bertz CT molecular complexity index is 584. The van der Waals surface area contributed by atoms with Crippen molar-refractivity contribution >= 4 is 10.9 Å². The highest BCUT2D eigenvalue weighted by atomic mass is 19.4. The summed E-state index contributed by atoms with van der Waals surface area (Å²) in [4.78, 5) is 7.39. The van der Waals surface area contributed by atoms with Gasteiger partial charge in [-0.05, 0) is 18.2 Å². The highest BCUT2D eigenvalue weighted by molar-refractivity contribution is 5.83. The maximum absolute atomic E-state index is 12.4. The lowest BCUT2D eigenvalue weighted by molar-refractivity contribution is -0.137. The summed E-state index contributed by atoms with van der Waals surface area (Å²) in [6.07, 6.45) is -3.29. The van der Waals surface area contributed by atoms with Crippen molar-refractivity contribution in [2.24, 2.45) is 0 Å². The minimum atomic E-state index is -4.43. The lowest BCUT2D eigenvalue weighted by atomic mass is 10.1. The summed E-state index contributed by atoms with van der Waals surface area (Å²) in [6, 6.07) is 4.76. The van der Waals surface area contributed by atoms with Crippen molar-refractivity contribution in [2.75, 3.05) is 0 Å². The first-order chi connectivity index (χ1) is 7.52. The van der Waals surface area contributed by atoms with E-state index in [4.69, 9.17) is 5.26 Å². The molecule has 0 unspecified atom stereocenters. The number of hydrogen-bond donors (Lipinski definition) is 0. The fourth-order valence-corrected chi connectivity index (χ4v) is 1.32. The molecule has 6 heteroatoms. The number of halogens is 3. The van der Waals surface area contributed by atoms with E-state index in [0.29, 0.717) is 5.52 Å². The van der Waals surface area contributed by atoms with Crippen LogP contribution in [0.4, 0.5) is 13.2 Å². The molecular formula is C10H4F3N3. The molecule has 3 nitrogen and oxygen atoms in total. The fraction of sp³-hybridized carbons (Fsp3) is 0.100. The molecule has 2 aromatic rings. The van der Waals surface area contributed by atoms with Crippen molar-refractivity contribution in [1.82, 2.24) is 9.97 Å². The normalized spacial score (nSPS) is 11.4. The summed E-state index contributed by atoms with van der Waals surface area (Å²) in [7, 11) is 0. The van der Waals surface area contributed by atoms with E-state index in [2.05, 4.69) is 9.97 Å². The number of nitriles is 1. The van der Waals surface area contributed by atoms with Gasteiger partial charge in [-0.1, -0.05) is 0 Å². The average molecular weight is 223 g/mol. The number of nitrogens with zero attached hydrogens (tertiary/aromatic N) is 3. The van der Waals surface area contributed by atoms with E-state index in [1.165, 1.54) is 6.07 Å². The Morgan fingerprint density at radius 3 is 2.56 bits per heavy atom. The van der Waals surface area contributed by atoms with Crippen LogP contribution in [-0.4, -0.2) is 9.97 Å². The van der Waals surface area contributed by atoms with Gasteiger partial charge in [-0.3, -0.25) is 0 Å². The first kappa shape index (κ1) is 10.4. The zero-order chi connectivity index (χ0) is 11.8. The number of alkyl halides is 3. The van der Waals surface area contributed by atoms with Gasteiger partial charge in [-0.15, -0.1) is 0 Å². The summed E-state index contributed by atoms with van der Waals surface area (Å²) in [5, 5.41) is 8.82. The lowest BCUT2D eigenvalue weighted by Gasteiger charge is -2.07. The van der Waals surface area contributed by atoms with Gasteiger partial charge in [0.05, 0.1) is 11.1 Å². The largest absolute Gasteiger partial charge is 0.416 e. The average Bonchev–Trinajstić information content (AvgIpc) is 2.26. The second-order valence-electron chi connectivity index (χ2n) is 3.06. The third kappa shape index (κ3) is 1.67. The Labute approximate surface area is 88.2 Å². The first-order valence-electron chi connectivity index (χ1n) is 4.24. The molecule has 1 aromatic heterocycles. The summed E-state index contributed by atoms with van der Waals surface area (Å²) in [5.74, 6) is 0. The highest BCUT2D eigenvalue weighted by Gasteiger charge is 2.30. The zero-order valence-electron chi connectivity index (χ0n) is 7.78. The summed E-state index contributed by atoms with van der Waals surface area (Å²) in [5.41, 5.74) is -0.554. The standard InChI is InChI=1S/C10H4F3N3/c11-10(12,13)6-1-2-8-7(3-6)9(4-14)16-5-15-8/h1-3,5H. The highest BCUT2D eigenvalue weighted by Crippen LogP contribution is 2.31. The predicted molar refractivity (Wildman–Crippen MR) is 49.3 cm³/mol. The molecule has 0 radical (unpaired) electrons. The lowest BCUT2D eigenvalue weighted by Crippen LogP contribution is -2.04. The Hall–Kier alpha value is -2.16. The summed E-state index contributed by atoms with van der Waals surface area (Å²) in [6.45, 7) is 0. The second kappa shape index (κ2) is 3.45. The van der Waals surface area contributed by atoms with Crippen LogP contribution in [0.5, 0.6) is 0 Å². The Balaban J connectivity index is 2.75. The van der Waals surface area contributed by atoms with Crippen LogP contribution in [0, 0.1) is 11.3 Å². The number of hydrogen-bond acceptors (Lipinski definition) is 3. The molecule has 0 saturated carbocycles. The molecule has 0 N–H and O–H groups in total. The van der Waals surface area contributed by atoms with Crippen molar-refractivity contribution in [1.29, 1.82) is 5.26 Å². The molecule has 0 saturated heterocycles. The Morgan fingerprint density at radius 2 is 1.94 bits per heavy atom. The molecule has 0 fully saturated rings. The van der Waals surface area contributed by atoms with Gasteiger partial charge in [-0.25, -0.2) is 9.97 Å². The van der Waals surface area contributed by atoms with E-state index in [9.17, 15) is 13.2 Å². The first-order valence-corrected chi connectivity index (χ1v) is 4.24. The summed E-state index contributed by atoms with van der Waals surface area (Å²) >= 11 is 0. The molecule has 0 aliphatic heterocycles. The molecule has 1 aromatic carbocycles. The number of aromatic nitrogens is 2. The molecule has 2 rings (SSSR count). The Kier molecular flexibility index (Phi) is 2.23. The summed E-state index contributed by atoms with van der Waals surface area (Å²) < 4.78 is 37.3. The zero-order valence-corrected chi connectivity index (χ0v) is 7.78. The topological polar surface area (TPSA) is 49.6 Å². The van der Waals surface area contributed by atoms with Gasteiger partial charge < -0.3 is 0 Å². The third-order valence-electron chi connectivity index (χ3n) is 2.07. The molecular weight excluding hydrogens is 219 g/mol. The van der Waals surface area contributed by atoms with Gasteiger partial charge in [0.1, 0.15) is 12.4 Å². The van der Waals surface area contributed by atoms with Crippen LogP contribution in [0.15, 0.2) is 24.5 Å². The van der Waals surface area contributed by atoms with Gasteiger partial charge in [-0.2, -0.15) is 18.4 Å². The van der Waals surface area contributed by atoms with Gasteiger partial charge in [0.25, 0.3) is 0 Å². The van der Waals surface area contributed by atoms with E-state index in [-0.39, 0.29) is 11.1 Å². The predicted octanol–water partition coefficient (Wildman–Crippen LogP) is 2.52. The molecule has 0 bridgehead atoms. The van der Waals surface area contributed by atoms with Crippen LogP contribution in [-0.2, 0) is 6.18 Å². The van der Waals surface area contributed by atoms with E-state index < -0.39 is 11.7 Å². The SMILES string of the molecule is N#Cc1ncnc2ccc(C(F)(F)F)cc12. The molecule has 80 valence electrons. The monoisotopic (exact) mass is 223 g/mol. The van der Waals surface area contributed by atoms with Gasteiger partial charge in [0.15, 0.2) is 5.69 Å². The molecule has 0 amide bonds. The quantitative estimate of drug-likeness (QED) is 0.689. The number of fused-ring (bicyclic) bond motifs is 1. The van der Waals surface area contributed by atoms with E-state index >= 15 is 0 Å². The molecule has 0 spiro atoms. The van der Waals surface area contributed by atoms with Crippen molar-refractivity contribution < 1.29 is 13.2 Å². The minimum Gasteiger partial charge on any atom is -0.236 e. The molecule has 1 heterocycles. The molecule has 0 atom stereocenters.